The highest BCUT2D eigenvalue weighted by Crippen LogP contribution is 2.29. The summed E-state index contributed by atoms with van der Waals surface area (Å²) in [7, 11) is 5.46. The Balaban J connectivity index is 3.08. The Labute approximate surface area is 101 Å². The molecule has 0 aliphatic carbocycles. The van der Waals surface area contributed by atoms with E-state index in [2.05, 4.69) is 6.07 Å². The van der Waals surface area contributed by atoms with Gasteiger partial charge in [-0.15, -0.1) is 0 Å². The molecule has 0 bridgehead atoms. The molecule has 1 aromatic rings. The monoisotopic (exact) mass is 238 g/mol. The number of likely N-dealkylation sites (N-methyl/N-ethyl adjacent to an activating group) is 1. The predicted molar refractivity (Wildman–Crippen MR) is 64.9 cm³/mol. The Morgan fingerprint density at radius 2 is 2.19 bits per heavy atom. The summed E-state index contributed by atoms with van der Waals surface area (Å²) in [6.07, 6.45) is 0. The van der Waals surface area contributed by atoms with Crippen molar-refractivity contribution >= 4 is 11.6 Å². The molecule has 0 N–H and O–H groups in total. The molecule has 0 saturated heterocycles. The molecule has 0 amide bonds. The summed E-state index contributed by atoms with van der Waals surface area (Å²) in [5, 5.41) is 9.78. The Bertz CT molecular complexity index is 398. The number of nitrogens with zero attached hydrogens (tertiary/aromatic N) is 2. The van der Waals surface area contributed by atoms with Crippen LogP contribution >= 0.6 is 11.6 Å². The number of halogens is 1. The first-order valence-electron chi connectivity index (χ1n) is 4.96. The Kier molecular flexibility index (Phi) is 4.60. The van der Waals surface area contributed by atoms with Crippen LogP contribution < -0.4 is 4.74 Å². The lowest BCUT2D eigenvalue weighted by Gasteiger charge is -2.17. The maximum Gasteiger partial charge on any atom is 0.123 e. The number of hydrogen-bond acceptors (Lipinski definition) is 3. The van der Waals surface area contributed by atoms with Gasteiger partial charge < -0.3 is 9.64 Å². The molecule has 1 atom stereocenters. The predicted octanol–water partition coefficient (Wildman–Crippen LogP) is 2.52. The van der Waals surface area contributed by atoms with Crippen LogP contribution in [0.3, 0.4) is 0 Å². The Hall–Kier alpha value is -1.24. The molecular weight excluding hydrogens is 224 g/mol. The molecule has 3 nitrogen and oxygen atoms in total. The Morgan fingerprint density at radius 3 is 2.69 bits per heavy atom. The average Bonchev–Trinajstić information content (AvgIpc) is 2.25. The highest BCUT2D eigenvalue weighted by atomic mass is 35.5. The first-order valence-corrected chi connectivity index (χ1v) is 5.34. The molecular formula is C12H15ClN2O. The van der Waals surface area contributed by atoms with Crippen molar-refractivity contribution in [3.8, 4) is 11.8 Å². The fourth-order valence-corrected chi connectivity index (χ4v) is 1.73. The van der Waals surface area contributed by atoms with Gasteiger partial charge in [-0.3, -0.25) is 0 Å². The standard InChI is InChI=1S/C12H15ClN2O/c1-15(2)8-9(7-14)11-6-10(13)4-5-12(11)16-3/h4-6,9H,8H2,1-3H3. The van der Waals surface area contributed by atoms with E-state index < -0.39 is 0 Å². The van der Waals surface area contributed by atoms with Gasteiger partial charge in [-0.2, -0.15) is 5.26 Å². The van der Waals surface area contributed by atoms with Crippen molar-refractivity contribution in [2.75, 3.05) is 27.7 Å². The highest BCUT2D eigenvalue weighted by molar-refractivity contribution is 6.30. The molecule has 86 valence electrons. The molecule has 0 saturated carbocycles. The fourth-order valence-electron chi connectivity index (χ4n) is 1.55. The van der Waals surface area contributed by atoms with Crippen LogP contribution in [0.1, 0.15) is 11.5 Å². The van der Waals surface area contributed by atoms with Gasteiger partial charge in [0.25, 0.3) is 0 Å². The van der Waals surface area contributed by atoms with Crippen molar-refractivity contribution in [3.05, 3.63) is 28.8 Å². The maximum atomic E-state index is 9.16. The number of rotatable bonds is 4. The summed E-state index contributed by atoms with van der Waals surface area (Å²) in [6.45, 7) is 0.646. The van der Waals surface area contributed by atoms with Gasteiger partial charge in [-0.1, -0.05) is 11.6 Å². The minimum absolute atomic E-state index is 0.233. The molecule has 1 unspecified atom stereocenters. The van der Waals surface area contributed by atoms with Gasteiger partial charge in [-0.05, 0) is 32.3 Å². The zero-order valence-electron chi connectivity index (χ0n) is 9.70. The van der Waals surface area contributed by atoms with E-state index in [-0.39, 0.29) is 5.92 Å². The van der Waals surface area contributed by atoms with Crippen LogP contribution in [0.5, 0.6) is 5.75 Å². The van der Waals surface area contributed by atoms with Crippen molar-refractivity contribution in [2.24, 2.45) is 0 Å². The van der Waals surface area contributed by atoms with E-state index in [0.717, 1.165) is 5.56 Å². The smallest absolute Gasteiger partial charge is 0.123 e. The van der Waals surface area contributed by atoms with E-state index in [9.17, 15) is 0 Å². The molecule has 16 heavy (non-hydrogen) atoms. The molecule has 0 aliphatic heterocycles. The van der Waals surface area contributed by atoms with Crippen molar-refractivity contribution < 1.29 is 4.74 Å². The minimum Gasteiger partial charge on any atom is -0.496 e. The van der Waals surface area contributed by atoms with Crippen molar-refractivity contribution in [2.45, 2.75) is 5.92 Å². The van der Waals surface area contributed by atoms with E-state index in [1.165, 1.54) is 0 Å². The van der Waals surface area contributed by atoms with Crippen LogP contribution in [0.25, 0.3) is 0 Å². The highest BCUT2D eigenvalue weighted by Gasteiger charge is 2.16. The van der Waals surface area contributed by atoms with Crippen molar-refractivity contribution in [1.29, 1.82) is 5.26 Å². The normalized spacial score (nSPS) is 12.2. The number of benzene rings is 1. The lowest BCUT2D eigenvalue weighted by atomic mass is 9.99. The summed E-state index contributed by atoms with van der Waals surface area (Å²) in [4.78, 5) is 1.97. The van der Waals surface area contributed by atoms with Gasteiger partial charge in [0.2, 0.25) is 0 Å². The van der Waals surface area contributed by atoms with Crippen LogP contribution in [0.2, 0.25) is 5.02 Å². The topological polar surface area (TPSA) is 36.3 Å². The zero-order valence-corrected chi connectivity index (χ0v) is 10.5. The summed E-state index contributed by atoms with van der Waals surface area (Å²) < 4.78 is 5.24. The van der Waals surface area contributed by atoms with Crippen LogP contribution in [0.4, 0.5) is 0 Å². The van der Waals surface area contributed by atoms with Gasteiger partial charge in [-0.25, -0.2) is 0 Å². The number of hydrogen-bond donors (Lipinski definition) is 0. The summed E-state index contributed by atoms with van der Waals surface area (Å²) in [5.74, 6) is 0.474. The zero-order chi connectivity index (χ0) is 12.1. The third-order valence-electron chi connectivity index (χ3n) is 2.27. The van der Waals surface area contributed by atoms with E-state index in [1.807, 2.05) is 19.0 Å². The molecule has 1 aromatic carbocycles. The first-order chi connectivity index (χ1) is 7.58. The molecule has 0 fully saturated rings. The van der Waals surface area contributed by atoms with Gasteiger partial charge in [0.05, 0.1) is 19.1 Å². The van der Waals surface area contributed by atoms with Crippen LogP contribution in [-0.2, 0) is 0 Å². The van der Waals surface area contributed by atoms with Gasteiger partial charge in [0, 0.05) is 17.1 Å². The summed E-state index contributed by atoms with van der Waals surface area (Å²) in [6, 6.07) is 7.61. The van der Waals surface area contributed by atoms with Gasteiger partial charge >= 0.3 is 0 Å². The number of nitriles is 1. The van der Waals surface area contributed by atoms with Crippen LogP contribution in [0.15, 0.2) is 18.2 Å². The van der Waals surface area contributed by atoms with E-state index in [4.69, 9.17) is 21.6 Å². The molecule has 4 heteroatoms. The van der Waals surface area contributed by atoms with Crippen molar-refractivity contribution in [3.63, 3.8) is 0 Å². The first kappa shape index (κ1) is 12.8. The molecule has 0 aliphatic rings. The Morgan fingerprint density at radius 1 is 1.50 bits per heavy atom. The summed E-state index contributed by atoms with van der Waals surface area (Å²) in [5.41, 5.74) is 0.839. The second kappa shape index (κ2) is 5.74. The second-order valence-electron chi connectivity index (χ2n) is 3.83. The van der Waals surface area contributed by atoms with E-state index >= 15 is 0 Å². The fraction of sp³-hybridized carbons (Fsp3) is 0.417. The van der Waals surface area contributed by atoms with Crippen LogP contribution in [0, 0.1) is 11.3 Å². The molecule has 0 spiro atoms. The lowest BCUT2D eigenvalue weighted by molar-refractivity contribution is 0.380. The van der Waals surface area contributed by atoms with Gasteiger partial charge in [0.1, 0.15) is 5.75 Å². The maximum absolute atomic E-state index is 9.16. The quantitative estimate of drug-likeness (QED) is 0.809. The molecule has 0 aromatic heterocycles. The molecule has 1 rings (SSSR count). The van der Waals surface area contributed by atoms with Gasteiger partial charge in [0.15, 0.2) is 0 Å². The second-order valence-corrected chi connectivity index (χ2v) is 4.27. The summed E-state index contributed by atoms with van der Waals surface area (Å²) >= 11 is 5.93. The lowest BCUT2D eigenvalue weighted by Crippen LogP contribution is -2.19. The van der Waals surface area contributed by atoms with Crippen molar-refractivity contribution in [1.82, 2.24) is 4.90 Å². The minimum atomic E-state index is -0.233. The van der Waals surface area contributed by atoms with Crippen LogP contribution in [-0.4, -0.2) is 32.6 Å². The average molecular weight is 239 g/mol. The molecule has 0 radical (unpaired) electrons. The molecule has 0 heterocycles. The largest absolute Gasteiger partial charge is 0.496 e. The number of ether oxygens (including phenoxy) is 1. The van der Waals surface area contributed by atoms with E-state index in [0.29, 0.717) is 17.3 Å². The SMILES string of the molecule is COc1ccc(Cl)cc1C(C#N)CN(C)C. The number of methoxy groups -OCH3 is 1. The third-order valence-corrected chi connectivity index (χ3v) is 2.51. The van der Waals surface area contributed by atoms with E-state index in [1.54, 1.807) is 25.3 Å². The third kappa shape index (κ3) is 3.13.